The van der Waals surface area contributed by atoms with Gasteiger partial charge in [-0.25, -0.2) is 0 Å². The van der Waals surface area contributed by atoms with E-state index in [4.69, 9.17) is 9.84 Å². The normalized spacial score (nSPS) is 19.9. The van der Waals surface area contributed by atoms with Crippen molar-refractivity contribution < 1.29 is 24.2 Å². The van der Waals surface area contributed by atoms with Crippen LogP contribution in [0.1, 0.15) is 66.6 Å². The summed E-state index contributed by atoms with van der Waals surface area (Å²) in [6.07, 6.45) is 2.16. The summed E-state index contributed by atoms with van der Waals surface area (Å²) in [5.41, 5.74) is 2.54. The van der Waals surface area contributed by atoms with Crippen molar-refractivity contribution >= 4 is 23.5 Å². The number of anilines is 1. The molecule has 1 spiro atoms. The molecule has 3 N–H and O–H groups in total. The van der Waals surface area contributed by atoms with E-state index in [-0.39, 0.29) is 30.2 Å². The Morgan fingerprint density at radius 1 is 1.26 bits per heavy atom. The van der Waals surface area contributed by atoms with Gasteiger partial charge in [-0.1, -0.05) is 12.1 Å². The van der Waals surface area contributed by atoms with Crippen LogP contribution < -0.4 is 15.4 Å². The van der Waals surface area contributed by atoms with Crippen molar-refractivity contribution in [1.82, 2.24) is 5.32 Å². The number of amides is 2. The lowest BCUT2D eigenvalue weighted by atomic mass is 9.86. The standard InChI is InChI=1S/C27H29N3O5/c1-16(2)29-25(33)18-9-10-22-20(13-18)27(11-12-35-22)14-21(27)26(34)30-24-17(6-4-8-23(31)32)5-3-7-19(24)15-28/h3,5,7,9-10,13,16,21H,4,6,8,11-12,14H2,1-2H3,(H,29,33)(H,30,34)(H,31,32)/t21-,27-/m0/s1. The number of aryl methyl sites for hydroxylation is 1. The molecule has 1 saturated carbocycles. The van der Waals surface area contributed by atoms with Crippen LogP contribution in [0.4, 0.5) is 5.69 Å². The highest BCUT2D eigenvalue weighted by molar-refractivity contribution is 5.99. The number of carboxylic acid groups (broad SMARTS) is 1. The summed E-state index contributed by atoms with van der Waals surface area (Å²) >= 11 is 0. The Hall–Kier alpha value is -3.86. The summed E-state index contributed by atoms with van der Waals surface area (Å²) in [4.78, 5) is 36.9. The average Bonchev–Trinajstić information content (AvgIpc) is 3.54. The first-order valence-electron chi connectivity index (χ1n) is 11.9. The van der Waals surface area contributed by atoms with Crippen molar-refractivity contribution in [3.63, 3.8) is 0 Å². The lowest BCUT2D eigenvalue weighted by Crippen LogP contribution is -2.31. The van der Waals surface area contributed by atoms with Crippen molar-refractivity contribution in [3.8, 4) is 11.8 Å². The number of ether oxygens (including phenoxy) is 1. The van der Waals surface area contributed by atoms with Crippen LogP contribution in [0.2, 0.25) is 0 Å². The van der Waals surface area contributed by atoms with Crippen molar-refractivity contribution in [3.05, 3.63) is 58.7 Å². The Kier molecular flexibility index (Phi) is 6.79. The molecule has 1 heterocycles. The Morgan fingerprint density at radius 2 is 2.06 bits per heavy atom. The molecule has 0 radical (unpaired) electrons. The largest absolute Gasteiger partial charge is 0.493 e. The zero-order valence-electron chi connectivity index (χ0n) is 19.9. The SMILES string of the molecule is CC(C)NC(=O)c1ccc2c(c1)[C@]1(CCO2)C[C@H]1C(=O)Nc1c(C#N)cccc1CCCC(=O)O. The second kappa shape index (κ2) is 9.79. The molecule has 182 valence electrons. The Morgan fingerprint density at radius 3 is 2.77 bits per heavy atom. The van der Waals surface area contributed by atoms with Crippen LogP contribution in [0.5, 0.6) is 5.75 Å². The van der Waals surface area contributed by atoms with Gasteiger partial charge in [-0.15, -0.1) is 0 Å². The van der Waals surface area contributed by atoms with Gasteiger partial charge >= 0.3 is 5.97 Å². The topological polar surface area (TPSA) is 129 Å². The Balaban J connectivity index is 1.56. The first-order chi connectivity index (χ1) is 16.7. The maximum absolute atomic E-state index is 13.4. The molecule has 0 unspecified atom stereocenters. The number of carbonyl (C=O) groups is 3. The minimum absolute atomic E-state index is 0.00749. The second-order valence-electron chi connectivity index (χ2n) is 9.54. The van der Waals surface area contributed by atoms with Crippen LogP contribution in [-0.4, -0.2) is 35.5 Å². The van der Waals surface area contributed by atoms with Crippen molar-refractivity contribution in [1.29, 1.82) is 5.26 Å². The number of benzene rings is 2. The van der Waals surface area contributed by atoms with Gasteiger partial charge in [0, 0.05) is 34.9 Å². The maximum Gasteiger partial charge on any atom is 0.303 e. The maximum atomic E-state index is 13.4. The number of nitrogens with zero attached hydrogens (tertiary/aromatic N) is 1. The van der Waals surface area contributed by atoms with E-state index in [1.807, 2.05) is 26.0 Å². The molecule has 35 heavy (non-hydrogen) atoms. The fourth-order valence-corrected chi connectivity index (χ4v) is 4.92. The van der Waals surface area contributed by atoms with Gasteiger partial charge < -0.3 is 20.5 Å². The lowest BCUT2D eigenvalue weighted by molar-refractivity contribution is -0.137. The number of nitriles is 1. The molecule has 0 aromatic heterocycles. The third-order valence-corrected chi connectivity index (χ3v) is 6.75. The number of hydrogen-bond donors (Lipinski definition) is 3. The van der Waals surface area contributed by atoms with Crippen LogP contribution in [0.25, 0.3) is 0 Å². The number of carboxylic acids is 1. The number of fused-ring (bicyclic) bond motifs is 2. The highest BCUT2D eigenvalue weighted by Gasteiger charge is 2.61. The Bertz CT molecular complexity index is 1220. The number of rotatable bonds is 8. The zero-order chi connectivity index (χ0) is 25.2. The van der Waals surface area contributed by atoms with E-state index in [1.54, 1.807) is 24.3 Å². The summed E-state index contributed by atoms with van der Waals surface area (Å²) in [7, 11) is 0. The van der Waals surface area contributed by atoms with Crippen molar-refractivity contribution in [2.75, 3.05) is 11.9 Å². The molecule has 0 bridgehead atoms. The molecule has 1 aliphatic carbocycles. The summed E-state index contributed by atoms with van der Waals surface area (Å²) in [5.74, 6) is -0.852. The summed E-state index contributed by atoms with van der Waals surface area (Å²) < 4.78 is 5.83. The van der Waals surface area contributed by atoms with Gasteiger partial charge in [0.2, 0.25) is 5.91 Å². The van der Waals surface area contributed by atoms with Crippen LogP contribution in [-0.2, 0) is 21.4 Å². The summed E-state index contributed by atoms with van der Waals surface area (Å²) in [5, 5.41) is 24.4. The van der Waals surface area contributed by atoms with Gasteiger partial charge in [-0.2, -0.15) is 5.26 Å². The molecule has 0 saturated heterocycles. The number of nitrogens with one attached hydrogen (secondary N) is 2. The van der Waals surface area contributed by atoms with Crippen LogP contribution in [0.3, 0.4) is 0 Å². The van der Waals surface area contributed by atoms with Crippen LogP contribution in [0.15, 0.2) is 36.4 Å². The predicted octanol–water partition coefficient (Wildman–Crippen LogP) is 3.78. The van der Waals surface area contributed by atoms with E-state index in [1.165, 1.54) is 0 Å². The molecule has 2 atom stereocenters. The zero-order valence-corrected chi connectivity index (χ0v) is 19.9. The van der Waals surface area contributed by atoms with Gasteiger partial charge in [0.05, 0.1) is 17.9 Å². The minimum Gasteiger partial charge on any atom is -0.493 e. The molecular formula is C27H29N3O5. The number of para-hydroxylation sites is 1. The van der Waals surface area contributed by atoms with Gasteiger partial charge in [0.15, 0.2) is 0 Å². The fraction of sp³-hybridized carbons (Fsp3) is 0.407. The molecular weight excluding hydrogens is 446 g/mol. The Labute approximate surface area is 204 Å². The number of carbonyl (C=O) groups excluding carboxylic acids is 2. The van der Waals surface area contributed by atoms with Gasteiger partial charge in [0.1, 0.15) is 11.8 Å². The van der Waals surface area contributed by atoms with E-state index in [2.05, 4.69) is 16.7 Å². The van der Waals surface area contributed by atoms with E-state index < -0.39 is 11.4 Å². The van der Waals surface area contributed by atoms with Gasteiger partial charge in [0.25, 0.3) is 5.91 Å². The summed E-state index contributed by atoms with van der Waals surface area (Å²) in [6, 6.07) is 12.7. The molecule has 1 aliphatic heterocycles. The molecule has 8 heteroatoms. The molecule has 2 amide bonds. The predicted molar refractivity (Wildman–Crippen MR) is 129 cm³/mol. The second-order valence-corrected chi connectivity index (χ2v) is 9.54. The first-order valence-corrected chi connectivity index (χ1v) is 11.9. The molecule has 4 rings (SSSR count). The van der Waals surface area contributed by atoms with E-state index in [0.717, 1.165) is 11.1 Å². The van der Waals surface area contributed by atoms with Crippen molar-refractivity contribution in [2.24, 2.45) is 5.92 Å². The number of aliphatic carboxylic acids is 1. The number of hydrogen-bond acceptors (Lipinski definition) is 5. The minimum atomic E-state index is -0.883. The van der Waals surface area contributed by atoms with Gasteiger partial charge in [-0.05, 0) is 69.4 Å². The molecule has 2 aliphatic rings. The molecule has 2 aromatic carbocycles. The van der Waals surface area contributed by atoms with E-state index in [0.29, 0.717) is 54.9 Å². The monoisotopic (exact) mass is 475 g/mol. The lowest BCUT2D eigenvalue weighted by Gasteiger charge is -2.27. The highest BCUT2D eigenvalue weighted by Crippen LogP contribution is 2.61. The summed E-state index contributed by atoms with van der Waals surface area (Å²) in [6.45, 7) is 4.29. The van der Waals surface area contributed by atoms with E-state index >= 15 is 0 Å². The molecule has 8 nitrogen and oxygen atoms in total. The average molecular weight is 476 g/mol. The molecule has 2 aromatic rings. The van der Waals surface area contributed by atoms with Crippen molar-refractivity contribution in [2.45, 2.75) is 57.4 Å². The highest BCUT2D eigenvalue weighted by atomic mass is 16.5. The van der Waals surface area contributed by atoms with Crippen LogP contribution >= 0.6 is 0 Å². The molecule has 1 fully saturated rings. The third kappa shape index (κ3) is 4.99. The quantitative estimate of drug-likeness (QED) is 0.533. The first kappa shape index (κ1) is 24.3. The fourth-order valence-electron chi connectivity index (χ4n) is 4.92. The van der Waals surface area contributed by atoms with E-state index in [9.17, 15) is 19.6 Å². The van der Waals surface area contributed by atoms with Crippen LogP contribution in [0, 0.1) is 17.2 Å². The third-order valence-electron chi connectivity index (χ3n) is 6.75. The van der Waals surface area contributed by atoms with Gasteiger partial charge in [-0.3, -0.25) is 14.4 Å². The smallest absolute Gasteiger partial charge is 0.303 e.